The monoisotopic (exact) mass is 686 g/mol. The molecule has 4 N–H and O–H groups in total. The van der Waals surface area contributed by atoms with Crippen LogP contribution in [0.5, 0.6) is 0 Å². The molecule has 1 heterocycles. The van der Waals surface area contributed by atoms with Crippen LogP contribution in [0.25, 0.3) is 10.8 Å². The number of rotatable bonds is 12. The fourth-order valence-electron chi connectivity index (χ4n) is 5.52. The Bertz CT molecular complexity index is 1620. The molecule has 15 heteroatoms. The Morgan fingerprint density at radius 1 is 1.06 bits per heavy atom. The number of benzene rings is 2. The van der Waals surface area contributed by atoms with Gasteiger partial charge in [-0.2, -0.15) is 4.72 Å². The Morgan fingerprint density at radius 3 is 2.44 bits per heavy atom. The van der Waals surface area contributed by atoms with Crippen LogP contribution in [0.2, 0.25) is 0 Å². The zero-order chi connectivity index (χ0) is 35.1. The molecule has 14 nitrogen and oxygen atoms in total. The predicted octanol–water partition coefficient (Wildman–Crippen LogP) is 2.72. The number of alkyl carbamates (subject to hydrolysis) is 1. The lowest BCUT2D eigenvalue weighted by Gasteiger charge is -2.34. The highest BCUT2D eigenvalue weighted by molar-refractivity contribution is 7.89. The maximum atomic E-state index is 13.9. The second-order valence-electron chi connectivity index (χ2n) is 13.1. The van der Waals surface area contributed by atoms with Crippen LogP contribution < -0.4 is 15.4 Å². The van der Waals surface area contributed by atoms with Crippen LogP contribution in [0.3, 0.4) is 0 Å². The number of ether oxygens (including phenoxy) is 2. The molecule has 1 aliphatic heterocycles. The number of piperidine rings is 1. The zero-order valence-electron chi connectivity index (χ0n) is 27.9. The van der Waals surface area contributed by atoms with Crippen LogP contribution >= 0.6 is 0 Å². The van der Waals surface area contributed by atoms with Gasteiger partial charge in [0.2, 0.25) is 27.8 Å². The summed E-state index contributed by atoms with van der Waals surface area (Å²) in [5.74, 6) is -2.03. The van der Waals surface area contributed by atoms with Gasteiger partial charge in [0.15, 0.2) is 0 Å². The molecule has 1 saturated carbocycles. The number of carbonyl (C=O) groups excluding carboxylic acids is 4. The van der Waals surface area contributed by atoms with Gasteiger partial charge in [0.1, 0.15) is 18.2 Å². The molecule has 3 amide bonds. The average Bonchev–Trinajstić information content (AvgIpc) is 3.86. The molecule has 1 aliphatic carbocycles. The van der Waals surface area contributed by atoms with Crippen molar-refractivity contribution in [3.63, 3.8) is 0 Å². The van der Waals surface area contributed by atoms with Crippen LogP contribution in [-0.4, -0.2) is 98.5 Å². The van der Waals surface area contributed by atoms with Crippen LogP contribution in [0, 0.1) is 11.3 Å². The molecule has 4 rings (SSSR count). The van der Waals surface area contributed by atoms with Gasteiger partial charge in [0.25, 0.3) is 0 Å². The van der Waals surface area contributed by atoms with Crippen molar-refractivity contribution in [3.8, 4) is 0 Å². The van der Waals surface area contributed by atoms with Crippen LogP contribution in [0.4, 0.5) is 4.79 Å². The summed E-state index contributed by atoms with van der Waals surface area (Å²) in [6, 6.07) is 10.1. The molecule has 2 aromatic carbocycles. The lowest BCUT2D eigenvalue weighted by Crippen LogP contribution is -2.53. The van der Waals surface area contributed by atoms with E-state index in [4.69, 9.17) is 14.9 Å². The number of hydrogen-bond acceptors (Lipinski definition) is 9. The Morgan fingerprint density at radius 2 is 1.77 bits per heavy atom. The number of sulfonamides is 1. The van der Waals surface area contributed by atoms with E-state index in [-0.39, 0.29) is 42.5 Å². The maximum Gasteiger partial charge on any atom is 0.414 e. The van der Waals surface area contributed by atoms with E-state index < -0.39 is 52.0 Å². The minimum Gasteiger partial charge on any atom is -0.465 e. The molecule has 2 aromatic rings. The lowest BCUT2D eigenvalue weighted by atomic mass is 9.98. The molecule has 2 fully saturated rings. The summed E-state index contributed by atoms with van der Waals surface area (Å²) in [6.07, 6.45) is 1.55. The zero-order valence-corrected chi connectivity index (χ0v) is 28.7. The van der Waals surface area contributed by atoms with E-state index in [1.165, 1.54) is 17.0 Å². The minimum atomic E-state index is -4.26. The fraction of sp³-hybridized carbons (Fsp3) is 0.545. The molecule has 2 aliphatic rings. The minimum absolute atomic E-state index is 0.0625. The number of likely N-dealkylation sites (tertiary alicyclic amines) is 1. The number of guanidine groups is 1. The molecule has 0 radical (unpaired) electrons. The highest BCUT2D eigenvalue weighted by atomic mass is 32.2. The van der Waals surface area contributed by atoms with E-state index in [9.17, 15) is 27.6 Å². The Balaban J connectivity index is 1.44. The van der Waals surface area contributed by atoms with Gasteiger partial charge in [0.05, 0.1) is 17.9 Å². The summed E-state index contributed by atoms with van der Waals surface area (Å²) < 4.78 is 39.9. The maximum absolute atomic E-state index is 13.9. The van der Waals surface area contributed by atoms with E-state index in [1.807, 2.05) is 12.1 Å². The molecular formula is C33H46N6O8S. The van der Waals surface area contributed by atoms with Crippen molar-refractivity contribution >= 4 is 50.6 Å². The third kappa shape index (κ3) is 10.6. The molecule has 0 bridgehead atoms. The van der Waals surface area contributed by atoms with E-state index in [0.29, 0.717) is 31.3 Å². The highest BCUT2D eigenvalue weighted by Crippen LogP contribution is 2.28. The molecule has 0 spiro atoms. The summed E-state index contributed by atoms with van der Waals surface area (Å²) in [5.41, 5.74) is -0.712. The summed E-state index contributed by atoms with van der Waals surface area (Å²) in [6.45, 7) is 7.76. The first kappa shape index (κ1) is 36.6. The van der Waals surface area contributed by atoms with Gasteiger partial charge in [-0.05, 0) is 82.2 Å². The molecule has 1 saturated heterocycles. The van der Waals surface area contributed by atoms with Gasteiger partial charge in [0, 0.05) is 25.7 Å². The third-order valence-electron chi connectivity index (χ3n) is 7.93. The van der Waals surface area contributed by atoms with Crippen molar-refractivity contribution in [3.05, 3.63) is 42.5 Å². The average molecular weight is 687 g/mol. The molecule has 48 heavy (non-hydrogen) atoms. The van der Waals surface area contributed by atoms with E-state index in [0.717, 1.165) is 18.2 Å². The molecular weight excluding hydrogens is 640 g/mol. The fourth-order valence-corrected chi connectivity index (χ4v) is 6.74. The smallest absolute Gasteiger partial charge is 0.414 e. The molecule has 0 aromatic heterocycles. The Labute approximate surface area is 281 Å². The van der Waals surface area contributed by atoms with Crippen LogP contribution in [-0.2, 0) is 33.9 Å². The van der Waals surface area contributed by atoms with Crippen molar-refractivity contribution in [2.75, 3.05) is 32.8 Å². The number of nitrogens with one attached hydrogen (secondary N) is 4. The first-order chi connectivity index (χ1) is 22.6. The van der Waals surface area contributed by atoms with Crippen molar-refractivity contribution in [2.45, 2.75) is 82.4 Å². The number of amides is 3. The van der Waals surface area contributed by atoms with Crippen molar-refractivity contribution in [2.24, 2.45) is 5.92 Å². The quantitative estimate of drug-likeness (QED) is 0.148. The van der Waals surface area contributed by atoms with Crippen LogP contribution in [0.1, 0.15) is 59.8 Å². The molecule has 2 atom stereocenters. The van der Waals surface area contributed by atoms with Gasteiger partial charge in [-0.25, -0.2) is 13.2 Å². The first-order valence-electron chi connectivity index (χ1n) is 16.2. The summed E-state index contributed by atoms with van der Waals surface area (Å²) in [4.78, 5) is 54.6. The summed E-state index contributed by atoms with van der Waals surface area (Å²) in [5, 5.41) is 15.1. The number of hydrogen-bond donors (Lipinski definition) is 4. The normalized spacial score (nSPS) is 17.2. The van der Waals surface area contributed by atoms with Crippen LogP contribution in [0.15, 0.2) is 47.4 Å². The second kappa shape index (κ2) is 15.8. The second-order valence-corrected chi connectivity index (χ2v) is 14.8. The van der Waals surface area contributed by atoms with Gasteiger partial charge in [-0.3, -0.25) is 25.1 Å². The summed E-state index contributed by atoms with van der Waals surface area (Å²) >= 11 is 0. The van der Waals surface area contributed by atoms with Gasteiger partial charge >= 0.3 is 12.1 Å². The lowest BCUT2D eigenvalue weighted by molar-refractivity contribution is -0.150. The number of esters is 1. The Kier molecular flexibility index (Phi) is 12.0. The predicted molar refractivity (Wildman–Crippen MR) is 178 cm³/mol. The Hall–Kier alpha value is -4.24. The topological polar surface area (TPSA) is 187 Å². The largest absolute Gasteiger partial charge is 0.465 e. The van der Waals surface area contributed by atoms with E-state index in [2.05, 4.69) is 15.4 Å². The number of fused-ring (bicyclic) bond motifs is 1. The summed E-state index contributed by atoms with van der Waals surface area (Å²) in [7, 11) is -4.26. The SMILES string of the molecule is CCOC(=O)CN(C(=O)[C@H](CC(=O)NC[C@@H]1CCCN(C(=N)NC(=O)OC(C)(C)C)C1)NS(=O)(=O)c1ccc2ccccc2c1)C1CC1. The number of nitrogens with zero attached hydrogens (tertiary/aromatic N) is 2. The first-order valence-corrected chi connectivity index (χ1v) is 17.7. The third-order valence-corrected chi connectivity index (χ3v) is 9.40. The van der Waals surface area contributed by atoms with E-state index >= 15 is 0 Å². The number of carbonyl (C=O) groups is 4. The van der Waals surface area contributed by atoms with Gasteiger partial charge in [-0.15, -0.1) is 0 Å². The van der Waals surface area contributed by atoms with Gasteiger partial charge in [-0.1, -0.05) is 30.3 Å². The molecule has 262 valence electrons. The standard InChI is InChI=1S/C33H46N6O8S/c1-5-46-29(41)21-39(25-13-14-25)30(42)27(37-48(44,45)26-15-12-23-10-6-7-11-24(23)17-26)18-28(40)35-19-22-9-8-16-38(20-22)31(34)36-32(43)47-33(2,3)4/h6-7,10-12,15,17,22,25,27,37H,5,8-9,13-14,16,18-21H2,1-4H3,(H,35,40)(H2,34,36,43)/t22-,27-/m0/s1. The van der Waals surface area contributed by atoms with Crippen molar-refractivity contribution in [1.82, 2.24) is 25.2 Å². The van der Waals surface area contributed by atoms with E-state index in [1.54, 1.807) is 50.8 Å². The van der Waals surface area contributed by atoms with Gasteiger partial charge < -0.3 is 24.6 Å². The molecule has 0 unspecified atom stereocenters. The van der Waals surface area contributed by atoms with Crippen molar-refractivity contribution < 1.29 is 37.1 Å². The highest BCUT2D eigenvalue weighted by Gasteiger charge is 2.39. The van der Waals surface area contributed by atoms with Crippen molar-refractivity contribution in [1.29, 1.82) is 5.41 Å².